The smallest absolute Gasteiger partial charge is 0.102 e. The first-order chi connectivity index (χ1) is 7.44. The quantitative estimate of drug-likeness (QED) is 0.761. The molecule has 1 rings (SSSR count). The SMILES string of the molecule is CN1CCCC(N(C)CCC(C)(N)C#N)C1. The third-order valence-corrected chi connectivity index (χ3v) is 3.46. The lowest BCUT2D eigenvalue weighted by molar-refractivity contribution is 0.130. The number of rotatable bonds is 4. The highest BCUT2D eigenvalue weighted by molar-refractivity contribution is 5.01. The van der Waals surface area contributed by atoms with E-state index in [1.807, 2.05) is 0 Å². The fourth-order valence-corrected chi connectivity index (χ4v) is 2.15. The van der Waals surface area contributed by atoms with E-state index in [2.05, 4.69) is 30.0 Å². The summed E-state index contributed by atoms with van der Waals surface area (Å²) in [5.74, 6) is 0. The Labute approximate surface area is 99.0 Å². The Morgan fingerprint density at radius 3 is 2.88 bits per heavy atom. The van der Waals surface area contributed by atoms with Crippen LogP contribution in [0.15, 0.2) is 0 Å². The number of piperidine rings is 1. The van der Waals surface area contributed by atoms with Crippen molar-refractivity contribution in [2.24, 2.45) is 5.73 Å². The maximum Gasteiger partial charge on any atom is 0.102 e. The van der Waals surface area contributed by atoms with Crippen molar-refractivity contribution >= 4 is 0 Å². The van der Waals surface area contributed by atoms with Gasteiger partial charge in [0.15, 0.2) is 0 Å². The standard InChI is InChI=1S/C12H24N4/c1-12(14,10-13)6-8-16(3)11-5-4-7-15(2)9-11/h11H,4-9,14H2,1-3H3. The number of hydrogen-bond donors (Lipinski definition) is 1. The molecule has 2 atom stereocenters. The number of likely N-dealkylation sites (N-methyl/N-ethyl adjacent to an activating group) is 2. The lowest BCUT2D eigenvalue weighted by Crippen LogP contribution is -2.47. The maximum absolute atomic E-state index is 8.86. The van der Waals surface area contributed by atoms with Crippen LogP contribution < -0.4 is 5.73 Å². The van der Waals surface area contributed by atoms with E-state index in [1.165, 1.54) is 19.4 Å². The van der Waals surface area contributed by atoms with Crippen molar-refractivity contribution < 1.29 is 0 Å². The van der Waals surface area contributed by atoms with E-state index >= 15 is 0 Å². The molecule has 1 aliphatic rings. The number of nitrogens with two attached hydrogens (primary N) is 1. The van der Waals surface area contributed by atoms with E-state index in [0.717, 1.165) is 19.5 Å². The molecule has 0 spiro atoms. The lowest BCUT2D eigenvalue weighted by atomic mass is 9.99. The number of nitriles is 1. The van der Waals surface area contributed by atoms with E-state index in [4.69, 9.17) is 11.0 Å². The second-order valence-corrected chi connectivity index (χ2v) is 5.32. The van der Waals surface area contributed by atoms with Crippen molar-refractivity contribution in [3.63, 3.8) is 0 Å². The second kappa shape index (κ2) is 5.62. The molecule has 4 nitrogen and oxygen atoms in total. The van der Waals surface area contributed by atoms with Crippen molar-refractivity contribution in [1.29, 1.82) is 5.26 Å². The zero-order valence-electron chi connectivity index (χ0n) is 10.7. The molecular formula is C12H24N4. The molecule has 92 valence electrons. The summed E-state index contributed by atoms with van der Waals surface area (Å²) in [5, 5.41) is 8.86. The Balaban J connectivity index is 2.35. The van der Waals surface area contributed by atoms with Crippen molar-refractivity contribution in [1.82, 2.24) is 9.80 Å². The largest absolute Gasteiger partial charge is 0.314 e. The molecule has 1 heterocycles. The van der Waals surface area contributed by atoms with Crippen LogP contribution in [-0.4, -0.2) is 55.1 Å². The summed E-state index contributed by atoms with van der Waals surface area (Å²) < 4.78 is 0. The minimum absolute atomic E-state index is 0.619. The van der Waals surface area contributed by atoms with Crippen LogP contribution in [0.4, 0.5) is 0 Å². The highest BCUT2D eigenvalue weighted by atomic mass is 15.2. The molecule has 1 fully saturated rings. The first-order valence-corrected chi connectivity index (χ1v) is 6.03. The van der Waals surface area contributed by atoms with E-state index in [1.54, 1.807) is 6.92 Å². The minimum atomic E-state index is -0.686. The van der Waals surface area contributed by atoms with Gasteiger partial charge in [0.25, 0.3) is 0 Å². The average molecular weight is 224 g/mol. The Hall–Kier alpha value is -0.630. The summed E-state index contributed by atoms with van der Waals surface area (Å²) >= 11 is 0. The first-order valence-electron chi connectivity index (χ1n) is 6.03. The molecule has 0 radical (unpaired) electrons. The molecule has 2 unspecified atom stereocenters. The predicted molar refractivity (Wildman–Crippen MR) is 66.0 cm³/mol. The van der Waals surface area contributed by atoms with Gasteiger partial charge in [-0.2, -0.15) is 5.26 Å². The van der Waals surface area contributed by atoms with Gasteiger partial charge in [0.1, 0.15) is 5.54 Å². The summed E-state index contributed by atoms with van der Waals surface area (Å²) in [4.78, 5) is 4.72. The van der Waals surface area contributed by atoms with Crippen molar-refractivity contribution in [3.8, 4) is 6.07 Å². The Bertz CT molecular complexity index is 256. The van der Waals surface area contributed by atoms with Crippen LogP contribution in [0.3, 0.4) is 0 Å². The Morgan fingerprint density at radius 1 is 1.62 bits per heavy atom. The van der Waals surface area contributed by atoms with E-state index in [0.29, 0.717) is 6.04 Å². The zero-order valence-corrected chi connectivity index (χ0v) is 10.7. The predicted octanol–water partition coefficient (Wildman–Crippen LogP) is 0.643. The van der Waals surface area contributed by atoms with E-state index in [9.17, 15) is 0 Å². The molecule has 0 saturated carbocycles. The molecule has 0 aromatic rings. The van der Waals surface area contributed by atoms with Gasteiger partial charge in [-0.25, -0.2) is 0 Å². The number of hydrogen-bond acceptors (Lipinski definition) is 4. The molecule has 16 heavy (non-hydrogen) atoms. The number of nitrogens with zero attached hydrogens (tertiary/aromatic N) is 3. The molecule has 0 aromatic carbocycles. The van der Waals surface area contributed by atoms with Crippen molar-refractivity contribution in [3.05, 3.63) is 0 Å². The van der Waals surface area contributed by atoms with Gasteiger partial charge >= 0.3 is 0 Å². The van der Waals surface area contributed by atoms with Crippen LogP contribution in [0.1, 0.15) is 26.2 Å². The molecule has 1 saturated heterocycles. The van der Waals surface area contributed by atoms with Crippen LogP contribution in [0.2, 0.25) is 0 Å². The normalized spacial score (nSPS) is 26.4. The van der Waals surface area contributed by atoms with Crippen LogP contribution in [-0.2, 0) is 0 Å². The third-order valence-electron chi connectivity index (χ3n) is 3.46. The Kier molecular flexibility index (Phi) is 4.72. The Morgan fingerprint density at radius 2 is 2.31 bits per heavy atom. The highest BCUT2D eigenvalue weighted by Gasteiger charge is 2.23. The van der Waals surface area contributed by atoms with E-state index < -0.39 is 5.54 Å². The summed E-state index contributed by atoms with van der Waals surface area (Å²) in [6, 6.07) is 2.77. The van der Waals surface area contributed by atoms with Crippen LogP contribution >= 0.6 is 0 Å². The average Bonchev–Trinajstić information content (AvgIpc) is 2.26. The van der Waals surface area contributed by atoms with E-state index in [-0.39, 0.29) is 0 Å². The maximum atomic E-state index is 8.86. The van der Waals surface area contributed by atoms with Crippen LogP contribution in [0.5, 0.6) is 0 Å². The van der Waals surface area contributed by atoms with Gasteiger partial charge in [-0.15, -0.1) is 0 Å². The summed E-state index contributed by atoms with van der Waals surface area (Å²) in [6.07, 6.45) is 3.26. The van der Waals surface area contributed by atoms with Gasteiger partial charge in [0.2, 0.25) is 0 Å². The van der Waals surface area contributed by atoms with Crippen molar-refractivity contribution in [2.45, 2.75) is 37.8 Å². The minimum Gasteiger partial charge on any atom is -0.314 e. The van der Waals surface area contributed by atoms with Gasteiger partial charge in [0.05, 0.1) is 6.07 Å². The molecule has 1 aliphatic heterocycles. The van der Waals surface area contributed by atoms with Crippen LogP contribution in [0, 0.1) is 11.3 Å². The van der Waals surface area contributed by atoms with Gasteiger partial charge in [0, 0.05) is 19.1 Å². The summed E-state index contributed by atoms with van der Waals surface area (Å²) in [5.41, 5.74) is 5.14. The molecule has 0 aromatic heterocycles. The first kappa shape index (κ1) is 13.4. The van der Waals surface area contributed by atoms with Gasteiger partial charge in [-0.3, -0.25) is 0 Å². The summed E-state index contributed by atoms with van der Waals surface area (Å²) in [6.45, 7) is 5.04. The second-order valence-electron chi connectivity index (χ2n) is 5.32. The molecular weight excluding hydrogens is 200 g/mol. The highest BCUT2D eigenvalue weighted by Crippen LogP contribution is 2.15. The fraction of sp³-hybridized carbons (Fsp3) is 0.917. The monoisotopic (exact) mass is 224 g/mol. The van der Waals surface area contributed by atoms with Gasteiger partial charge < -0.3 is 15.5 Å². The molecule has 2 N–H and O–H groups in total. The molecule has 0 amide bonds. The van der Waals surface area contributed by atoms with Gasteiger partial charge in [-0.05, 0) is 46.8 Å². The molecule has 0 bridgehead atoms. The van der Waals surface area contributed by atoms with Crippen molar-refractivity contribution in [2.75, 3.05) is 33.7 Å². The fourth-order valence-electron chi connectivity index (χ4n) is 2.15. The third kappa shape index (κ3) is 4.09. The summed E-state index contributed by atoms with van der Waals surface area (Å²) in [7, 11) is 4.31. The topological polar surface area (TPSA) is 56.3 Å². The van der Waals surface area contributed by atoms with Gasteiger partial charge in [-0.1, -0.05) is 0 Å². The van der Waals surface area contributed by atoms with Crippen LogP contribution in [0.25, 0.3) is 0 Å². The number of likely N-dealkylation sites (tertiary alicyclic amines) is 1. The zero-order chi connectivity index (χ0) is 12.2. The molecule has 4 heteroatoms. The lowest BCUT2D eigenvalue weighted by Gasteiger charge is -2.36. The molecule has 0 aliphatic carbocycles.